The molecular weight excluding hydrogens is 1160 g/mol. The molecule has 0 aliphatic carbocycles. The number of esters is 1. The number of ether oxygens (including phenoxy) is 1. The summed E-state index contributed by atoms with van der Waals surface area (Å²) in [5, 5.41) is 24.0. The van der Waals surface area contributed by atoms with Gasteiger partial charge in [0.25, 0.3) is 0 Å². The van der Waals surface area contributed by atoms with Crippen molar-refractivity contribution in [1.82, 2.24) is 19.9 Å². The van der Waals surface area contributed by atoms with Crippen molar-refractivity contribution in [3.05, 3.63) is 195 Å². The van der Waals surface area contributed by atoms with Gasteiger partial charge in [0, 0.05) is 81.6 Å². The third kappa shape index (κ3) is 18.5. The van der Waals surface area contributed by atoms with E-state index >= 15 is 4.39 Å². The van der Waals surface area contributed by atoms with Crippen LogP contribution in [0, 0.1) is 34.9 Å². The first-order valence-electron chi connectivity index (χ1n) is 25.3. The number of pyridine rings is 2. The first kappa shape index (κ1) is 68.0. The molecule has 0 bridgehead atoms. The summed E-state index contributed by atoms with van der Waals surface area (Å²) < 4.78 is 86.2. The molecule has 5 aromatic carbocycles. The molecule has 16 nitrogen and oxygen atoms in total. The number of carboxylic acids is 2. The molecule has 0 aliphatic rings. The summed E-state index contributed by atoms with van der Waals surface area (Å²) in [5.41, 5.74) is 6.84. The van der Waals surface area contributed by atoms with E-state index in [1.165, 1.54) is 6.20 Å². The number of amides is 2. The van der Waals surface area contributed by atoms with E-state index in [2.05, 4.69) is 41.4 Å². The SMILES string of the molecule is C.CCCC(=O)Nc1ccc(F)c(C(=O)O)c1F.CCCC(=O)Nc1ccc(F)c(C(=O)c2c[nH]c3ncc(-c4ccc(Cl)cc4)cc23)c1F.CCCC(=O)O.COC(=O)c1c(F)ccc(N)c1F.Clc1ccc(-c2cnc3[nH]ccc3c2)cc1. The molecule has 0 spiro atoms. The predicted octanol–water partition coefficient (Wildman–Crippen LogP) is 15.3. The van der Waals surface area contributed by atoms with Gasteiger partial charge >= 0.3 is 17.9 Å². The number of nitrogen functional groups attached to an aromatic ring is 1. The number of ketones is 1. The number of benzene rings is 5. The third-order valence-electron chi connectivity index (χ3n) is 11.6. The van der Waals surface area contributed by atoms with Crippen molar-refractivity contribution in [3.8, 4) is 22.3 Å². The number of carbonyl (C=O) groups is 6. The predicted molar refractivity (Wildman–Crippen MR) is 315 cm³/mol. The number of aromatic carboxylic acids is 1. The largest absolute Gasteiger partial charge is 0.481 e. The Morgan fingerprint density at radius 1 is 0.576 bits per heavy atom. The van der Waals surface area contributed by atoms with Crippen LogP contribution in [-0.4, -0.2) is 72.8 Å². The maximum absolute atomic E-state index is 15.0. The van der Waals surface area contributed by atoms with Crippen LogP contribution in [0.5, 0.6) is 0 Å². The number of hydrogen-bond acceptors (Lipinski definition) is 10. The van der Waals surface area contributed by atoms with Crippen molar-refractivity contribution < 1.29 is 70.1 Å². The number of halogens is 8. The number of H-pyrrole nitrogens is 2. The Morgan fingerprint density at radius 2 is 1.05 bits per heavy atom. The van der Waals surface area contributed by atoms with E-state index < -0.39 is 87.1 Å². The molecule has 446 valence electrons. The van der Waals surface area contributed by atoms with Gasteiger partial charge in [-0.25, -0.2) is 45.9 Å². The van der Waals surface area contributed by atoms with Crippen LogP contribution in [0.4, 0.5) is 43.4 Å². The lowest BCUT2D eigenvalue weighted by molar-refractivity contribution is -0.137. The number of nitrogens with two attached hydrogens (primary N) is 1. The molecule has 4 heterocycles. The number of hydrogen-bond donors (Lipinski definition) is 7. The molecule has 0 saturated carbocycles. The van der Waals surface area contributed by atoms with Gasteiger partial charge in [-0.15, -0.1) is 0 Å². The molecule has 9 rings (SSSR count). The van der Waals surface area contributed by atoms with E-state index in [0.717, 1.165) is 82.7 Å². The summed E-state index contributed by atoms with van der Waals surface area (Å²) in [5.74, 6) is -11.9. The molecule has 8 N–H and O–H groups in total. The average molecular weight is 1220 g/mol. The van der Waals surface area contributed by atoms with Crippen LogP contribution in [0.1, 0.15) is 103 Å². The molecule has 0 radical (unpaired) electrons. The highest BCUT2D eigenvalue weighted by molar-refractivity contribution is 6.31. The van der Waals surface area contributed by atoms with E-state index in [-0.39, 0.29) is 42.9 Å². The van der Waals surface area contributed by atoms with E-state index in [9.17, 15) is 50.7 Å². The summed E-state index contributed by atoms with van der Waals surface area (Å²) in [6.07, 6.45) is 9.27. The molecule has 9 aromatic rings. The van der Waals surface area contributed by atoms with Gasteiger partial charge in [-0.2, -0.15) is 0 Å². The number of fused-ring (bicyclic) bond motifs is 2. The summed E-state index contributed by atoms with van der Waals surface area (Å²) in [6, 6.07) is 26.5. The minimum atomic E-state index is -1.72. The van der Waals surface area contributed by atoms with E-state index in [1.54, 1.807) is 50.4 Å². The van der Waals surface area contributed by atoms with Gasteiger partial charge in [0.2, 0.25) is 17.6 Å². The number of aromatic amines is 2. The molecular formula is C61H57Cl2F6N7O9. The number of carboxylic acid groups (broad SMARTS) is 2. The zero-order chi connectivity index (χ0) is 61.8. The van der Waals surface area contributed by atoms with Crippen LogP contribution in [0.25, 0.3) is 44.3 Å². The third-order valence-corrected chi connectivity index (χ3v) is 12.1. The smallest absolute Gasteiger partial charge is 0.343 e. The molecule has 0 aliphatic heterocycles. The van der Waals surface area contributed by atoms with Gasteiger partial charge in [0.15, 0.2) is 17.5 Å². The number of anilines is 3. The maximum atomic E-state index is 15.0. The highest BCUT2D eigenvalue weighted by atomic mass is 35.5. The van der Waals surface area contributed by atoms with Crippen LogP contribution in [0.3, 0.4) is 0 Å². The number of aromatic nitrogens is 4. The van der Waals surface area contributed by atoms with Crippen molar-refractivity contribution in [2.45, 2.75) is 66.7 Å². The van der Waals surface area contributed by atoms with E-state index in [0.29, 0.717) is 40.9 Å². The van der Waals surface area contributed by atoms with Crippen molar-refractivity contribution in [2.24, 2.45) is 0 Å². The monoisotopic (exact) mass is 1220 g/mol. The van der Waals surface area contributed by atoms with Crippen molar-refractivity contribution >= 4 is 97.8 Å². The van der Waals surface area contributed by atoms with Gasteiger partial charge < -0.3 is 41.3 Å². The van der Waals surface area contributed by atoms with Crippen LogP contribution in [-0.2, 0) is 19.1 Å². The topological polar surface area (TPSA) is 260 Å². The number of carbonyl (C=O) groups excluding carboxylic acids is 4. The van der Waals surface area contributed by atoms with Crippen LogP contribution < -0.4 is 16.4 Å². The zero-order valence-corrected chi connectivity index (χ0v) is 46.6. The van der Waals surface area contributed by atoms with Gasteiger partial charge in [-0.05, 0) is 109 Å². The lowest BCUT2D eigenvalue weighted by atomic mass is 9.99. The highest BCUT2D eigenvalue weighted by Gasteiger charge is 2.26. The molecule has 0 saturated heterocycles. The lowest BCUT2D eigenvalue weighted by Gasteiger charge is -2.10. The van der Waals surface area contributed by atoms with Gasteiger partial charge in [0.05, 0.1) is 29.7 Å². The minimum absolute atomic E-state index is 0. The Balaban J connectivity index is 0.000000249. The Hall–Kier alpha value is -9.54. The first-order chi connectivity index (χ1) is 40.0. The van der Waals surface area contributed by atoms with E-state index in [1.807, 2.05) is 49.6 Å². The normalized spacial score (nSPS) is 10.3. The molecule has 24 heteroatoms. The van der Waals surface area contributed by atoms with Crippen molar-refractivity contribution in [3.63, 3.8) is 0 Å². The zero-order valence-electron chi connectivity index (χ0n) is 45.1. The summed E-state index contributed by atoms with van der Waals surface area (Å²) in [7, 11) is 1.03. The van der Waals surface area contributed by atoms with Crippen LogP contribution in [0.15, 0.2) is 128 Å². The molecule has 85 heavy (non-hydrogen) atoms. The second-order valence-electron chi connectivity index (χ2n) is 17.7. The Morgan fingerprint density at radius 3 is 1.53 bits per heavy atom. The number of rotatable bonds is 14. The van der Waals surface area contributed by atoms with Crippen LogP contribution >= 0.6 is 23.2 Å². The standard InChI is InChI=1S/C24H18ClF2N3O2.C13H9ClN2.C11H11F2NO3.C8H7F2NO2.C4H8O2.CH4/c1-2-3-20(31)30-19-9-8-18(26)21(22(19)27)23(32)17-12-29-24-16(17)10-14(11-28-24)13-4-6-15(25)7-5-13;14-12-3-1-9(2-4-12)11-7-10-5-6-15-13(10)16-8-11;1-2-3-8(15)14-7-5-4-6(12)9(10(7)13)11(16)17;1-13-8(12)6-4(9)2-3-5(11)7(6)10;1-2-3-4(5)6;/h4-12H,2-3H2,1H3,(H,28,29)(H,30,31);1-8H,(H,15,16);4-5H,2-3H2,1H3,(H,14,15)(H,16,17);2-3H,11H2,1H3;2-3H2,1H3,(H,5,6);1H4. The molecule has 2 amide bonds. The number of nitrogens with one attached hydrogen (secondary N) is 4. The van der Waals surface area contributed by atoms with Crippen molar-refractivity contribution in [2.75, 3.05) is 23.5 Å². The minimum Gasteiger partial charge on any atom is -0.481 e. The lowest BCUT2D eigenvalue weighted by Crippen LogP contribution is -2.15. The van der Waals surface area contributed by atoms with Gasteiger partial charge in [-0.3, -0.25) is 19.2 Å². The molecule has 0 fully saturated rings. The first-order valence-corrected chi connectivity index (χ1v) is 26.1. The highest BCUT2D eigenvalue weighted by Crippen LogP contribution is 2.31. The number of methoxy groups -OCH3 is 1. The fourth-order valence-electron chi connectivity index (χ4n) is 7.52. The average Bonchev–Trinajstić information content (AvgIpc) is 3.79. The number of nitrogens with zero attached hydrogens (tertiary/aromatic N) is 2. The quantitative estimate of drug-likeness (QED) is 0.0232. The van der Waals surface area contributed by atoms with Crippen LogP contribution in [0.2, 0.25) is 10.0 Å². The number of aliphatic carboxylic acids is 1. The molecule has 4 aromatic heterocycles. The van der Waals surface area contributed by atoms with Crippen molar-refractivity contribution in [1.29, 1.82) is 0 Å². The fraction of sp³-hybridized carbons (Fsp3) is 0.180. The summed E-state index contributed by atoms with van der Waals surface area (Å²) in [4.78, 5) is 81.9. The second kappa shape index (κ2) is 32.3. The van der Waals surface area contributed by atoms with Gasteiger partial charge in [-0.1, -0.05) is 75.7 Å². The Bertz CT molecular complexity index is 3830. The molecule has 0 unspecified atom stereocenters. The fourth-order valence-corrected chi connectivity index (χ4v) is 7.77. The Kier molecular flexibility index (Phi) is 25.9. The van der Waals surface area contributed by atoms with Gasteiger partial charge in [0.1, 0.15) is 39.9 Å². The second-order valence-corrected chi connectivity index (χ2v) is 18.6. The summed E-state index contributed by atoms with van der Waals surface area (Å²) >= 11 is 11.8. The Labute approximate surface area is 493 Å². The molecule has 0 atom stereocenters. The maximum Gasteiger partial charge on any atom is 0.343 e. The van der Waals surface area contributed by atoms with E-state index in [4.69, 9.17) is 39.1 Å². The summed E-state index contributed by atoms with van der Waals surface area (Å²) in [6.45, 7) is 5.41.